The monoisotopic (exact) mass is 279 g/mol. The Balaban J connectivity index is 2.38. The van der Waals surface area contributed by atoms with Gasteiger partial charge in [0, 0.05) is 20.0 Å². The van der Waals surface area contributed by atoms with Crippen LogP contribution < -0.4 is 4.74 Å². The van der Waals surface area contributed by atoms with E-state index < -0.39 is 6.10 Å². The molecule has 20 heavy (non-hydrogen) atoms. The lowest BCUT2D eigenvalue weighted by atomic mass is 10.2. The first-order chi connectivity index (χ1) is 9.54. The van der Waals surface area contributed by atoms with Gasteiger partial charge in [0.1, 0.15) is 5.75 Å². The minimum atomic E-state index is -0.555. The summed E-state index contributed by atoms with van der Waals surface area (Å²) in [6.07, 6.45) is 0.329. The van der Waals surface area contributed by atoms with Gasteiger partial charge in [-0.2, -0.15) is 0 Å². The Morgan fingerprint density at radius 2 is 1.90 bits per heavy atom. The predicted molar refractivity (Wildman–Crippen MR) is 75.4 cm³/mol. The molecule has 0 fully saturated rings. The van der Waals surface area contributed by atoms with Crippen LogP contribution in [0.3, 0.4) is 0 Å². The van der Waals surface area contributed by atoms with Gasteiger partial charge in [-0.3, -0.25) is 9.59 Å². The van der Waals surface area contributed by atoms with Gasteiger partial charge in [0.15, 0.2) is 6.10 Å². The zero-order valence-electron chi connectivity index (χ0n) is 12.2. The third kappa shape index (κ3) is 5.30. The molecule has 0 aliphatic rings. The molecule has 0 radical (unpaired) electrons. The third-order valence-corrected chi connectivity index (χ3v) is 2.88. The van der Waals surface area contributed by atoms with Gasteiger partial charge in [0.25, 0.3) is 5.91 Å². The molecule has 5 heteroatoms. The summed E-state index contributed by atoms with van der Waals surface area (Å²) in [5, 5.41) is 0. The van der Waals surface area contributed by atoms with Crippen molar-refractivity contribution in [1.29, 1.82) is 0 Å². The molecule has 0 saturated carbocycles. The molecule has 0 aliphatic heterocycles. The molecule has 0 N–H and O–H groups in total. The molecular weight excluding hydrogens is 258 g/mol. The van der Waals surface area contributed by atoms with Crippen molar-refractivity contribution in [3.8, 4) is 5.75 Å². The van der Waals surface area contributed by atoms with E-state index >= 15 is 0 Å². The third-order valence-electron chi connectivity index (χ3n) is 2.88. The lowest BCUT2D eigenvalue weighted by Gasteiger charge is -2.22. The number of ether oxygens (including phenoxy) is 2. The average Bonchev–Trinajstić information content (AvgIpc) is 2.47. The van der Waals surface area contributed by atoms with Crippen molar-refractivity contribution >= 4 is 11.9 Å². The summed E-state index contributed by atoms with van der Waals surface area (Å²) in [7, 11) is 3.05. The zero-order chi connectivity index (χ0) is 15.0. The number of hydrogen-bond acceptors (Lipinski definition) is 4. The smallest absolute Gasteiger partial charge is 0.305 e. The second-order valence-electron chi connectivity index (χ2n) is 4.51. The number of esters is 1. The molecule has 5 nitrogen and oxygen atoms in total. The number of carbonyl (C=O) groups excluding carboxylic acids is 2. The second-order valence-corrected chi connectivity index (χ2v) is 4.51. The Hall–Kier alpha value is -2.04. The van der Waals surface area contributed by atoms with Gasteiger partial charge >= 0.3 is 5.97 Å². The minimum absolute atomic E-state index is 0.112. The molecule has 1 amide bonds. The summed E-state index contributed by atoms with van der Waals surface area (Å²) in [6.45, 7) is 2.21. The van der Waals surface area contributed by atoms with Crippen LogP contribution in [0.4, 0.5) is 0 Å². The van der Waals surface area contributed by atoms with Crippen LogP contribution in [0, 0.1) is 0 Å². The Morgan fingerprint density at radius 3 is 2.50 bits per heavy atom. The maximum absolute atomic E-state index is 12.1. The van der Waals surface area contributed by atoms with Crippen LogP contribution in [-0.4, -0.2) is 43.6 Å². The number of benzene rings is 1. The fourth-order valence-corrected chi connectivity index (χ4v) is 1.74. The summed E-state index contributed by atoms with van der Waals surface area (Å²) in [4.78, 5) is 24.6. The zero-order valence-corrected chi connectivity index (χ0v) is 12.2. The van der Waals surface area contributed by atoms with Crippen molar-refractivity contribution < 1.29 is 19.1 Å². The van der Waals surface area contributed by atoms with Gasteiger partial charge in [-0.25, -0.2) is 0 Å². The molecule has 0 heterocycles. The standard InChI is InChI=1S/C15H21NO4/c1-12(20-13-8-5-4-6-9-13)15(18)16(2)11-7-10-14(17)19-3/h4-6,8-9,12H,7,10-11H2,1-3H3. The van der Waals surface area contributed by atoms with E-state index in [9.17, 15) is 9.59 Å². The van der Waals surface area contributed by atoms with Gasteiger partial charge in [-0.05, 0) is 25.5 Å². The summed E-state index contributed by atoms with van der Waals surface area (Å²) in [6, 6.07) is 9.21. The van der Waals surface area contributed by atoms with Gasteiger partial charge in [-0.1, -0.05) is 18.2 Å². The Labute approximate surface area is 119 Å². The molecule has 1 rings (SSSR count). The normalized spacial score (nSPS) is 11.6. The topological polar surface area (TPSA) is 55.8 Å². The van der Waals surface area contributed by atoms with Crippen LogP contribution in [0.1, 0.15) is 19.8 Å². The van der Waals surface area contributed by atoms with Crippen molar-refractivity contribution in [3.63, 3.8) is 0 Å². The highest BCUT2D eigenvalue weighted by molar-refractivity contribution is 5.80. The summed E-state index contributed by atoms with van der Waals surface area (Å²) in [5.41, 5.74) is 0. The Bertz CT molecular complexity index is 433. The Morgan fingerprint density at radius 1 is 1.25 bits per heavy atom. The lowest BCUT2D eigenvalue weighted by Crippen LogP contribution is -2.38. The average molecular weight is 279 g/mol. The summed E-state index contributed by atoms with van der Waals surface area (Å²) < 4.78 is 10.1. The minimum Gasteiger partial charge on any atom is -0.481 e. The molecule has 0 saturated heterocycles. The molecule has 1 unspecified atom stereocenters. The molecule has 0 aromatic heterocycles. The maximum atomic E-state index is 12.1. The largest absolute Gasteiger partial charge is 0.481 e. The van der Waals surface area contributed by atoms with E-state index in [2.05, 4.69) is 4.74 Å². The molecular formula is C15H21NO4. The van der Waals surface area contributed by atoms with Crippen LogP contribution in [0.25, 0.3) is 0 Å². The number of carbonyl (C=O) groups is 2. The van der Waals surface area contributed by atoms with Crippen molar-refractivity contribution in [2.24, 2.45) is 0 Å². The second kappa shape index (κ2) is 8.19. The number of para-hydroxylation sites is 1. The number of amides is 1. The van der Waals surface area contributed by atoms with E-state index in [4.69, 9.17) is 4.74 Å². The van der Waals surface area contributed by atoms with E-state index in [0.29, 0.717) is 25.1 Å². The predicted octanol–water partition coefficient (Wildman–Crippen LogP) is 1.87. The van der Waals surface area contributed by atoms with E-state index in [-0.39, 0.29) is 11.9 Å². The molecule has 0 aliphatic carbocycles. The van der Waals surface area contributed by atoms with Crippen LogP contribution in [0.15, 0.2) is 30.3 Å². The van der Waals surface area contributed by atoms with Crippen LogP contribution in [0.2, 0.25) is 0 Å². The Kier molecular flexibility index (Phi) is 6.56. The summed E-state index contributed by atoms with van der Waals surface area (Å²) >= 11 is 0. The quantitative estimate of drug-likeness (QED) is 0.715. The number of rotatable bonds is 7. The first kappa shape index (κ1) is 16.0. The SMILES string of the molecule is COC(=O)CCCN(C)C(=O)C(C)Oc1ccccc1. The van der Waals surface area contributed by atoms with Gasteiger partial charge < -0.3 is 14.4 Å². The van der Waals surface area contributed by atoms with Crippen molar-refractivity contribution in [1.82, 2.24) is 4.90 Å². The van der Waals surface area contributed by atoms with Crippen LogP contribution >= 0.6 is 0 Å². The lowest BCUT2D eigenvalue weighted by molar-refractivity contribution is -0.142. The molecule has 1 aromatic rings. The van der Waals surface area contributed by atoms with Gasteiger partial charge in [0.2, 0.25) is 0 Å². The van der Waals surface area contributed by atoms with E-state index in [1.165, 1.54) is 7.11 Å². The van der Waals surface area contributed by atoms with Gasteiger partial charge in [-0.15, -0.1) is 0 Å². The highest BCUT2D eigenvalue weighted by Crippen LogP contribution is 2.12. The van der Waals surface area contributed by atoms with Crippen molar-refractivity contribution in [2.75, 3.05) is 20.7 Å². The van der Waals surface area contributed by atoms with Gasteiger partial charge in [0.05, 0.1) is 7.11 Å². The van der Waals surface area contributed by atoms with Crippen molar-refractivity contribution in [3.05, 3.63) is 30.3 Å². The number of likely N-dealkylation sites (N-methyl/N-ethyl adjacent to an activating group) is 1. The number of methoxy groups -OCH3 is 1. The molecule has 110 valence electrons. The van der Waals surface area contributed by atoms with Crippen LogP contribution in [-0.2, 0) is 14.3 Å². The van der Waals surface area contributed by atoms with Crippen molar-refractivity contribution in [2.45, 2.75) is 25.9 Å². The number of nitrogens with zero attached hydrogens (tertiary/aromatic N) is 1. The van der Waals surface area contributed by atoms with E-state index in [1.54, 1.807) is 31.0 Å². The summed E-state index contributed by atoms with van der Waals surface area (Å²) in [5.74, 6) is 0.287. The molecule has 0 spiro atoms. The number of hydrogen-bond donors (Lipinski definition) is 0. The highest BCUT2D eigenvalue weighted by atomic mass is 16.5. The van der Waals surface area contributed by atoms with E-state index in [1.807, 2.05) is 18.2 Å². The molecule has 1 atom stereocenters. The fourth-order valence-electron chi connectivity index (χ4n) is 1.74. The first-order valence-corrected chi connectivity index (χ1v) is 6.58. The first-order valence-electron chi connectivity index (χ1n) is 6.58. The highest BCUT2D eigenvalue weighted by Gasteiger charge is 2.19. The molecule has 0 bridgehead atoms. The van der Waals surface area contributed by atoms with E-state index in [0.717, 1.165) is 0 Å². The molecule has 1 aromatic carbocycles. The fraction of sp³-hybridized carbons (Fsp3) is 0.467. The maximum Gasteiger partial charge on any atom is 0.305 e. The van der Waals surface area contributed by atoms with Crippen LogP contribution in [0.5, 0.6) is 5.75 Å².